The molecule has 202 valence electrons. The van der Waals surface area contributed by atoms with Gasteiger partial charge in [-0.1, -0.05) is 70.0 Å². The maximum absolute atomic E-state index is 13.8. The molecule has 2 amide bonds. The number of benzene rings is 2. The van der Waals surface area contributed by atoms with E-state index in [0.29, 0.717) is 18.0 Å². The first-order chi connectivity index (χ1) is 17.5. The van der Waals surface area contributed by atoms with Crippen molar-refractivity contribution >= 4 is 27.5 Å². The number of sulfonamides is 1. The smallest absolute Gasteiger partial charge is 0.244 e. The molecule has 0 radical (unpaired) electrons. The van der Waals surface area contributed by atoms with Gasteiger partial charge < -0.3 is 10.2 Å². The molecule has 8 heteroatoms. The zero-order chi connectivity index (χ0) is 27.2. The molecule has 1 N–H and O–H groups in total. The third-order valence-electron chi connectivity index (χ3n) is 7.22. The van der Waals surface area contributed by atoms with Gasteiger partial charge in [-0.05, 0) is 60.9 Å². The van der Waals surface area contributed by atoms with Crippen LogP contribution in [0, 0.1) is 6.92 Å². The van der Waals surface area contributed by atoms with E-state index in [1.807, 2.05) is 50.2 Å². The first-order valence-corrected chi connectivity index (χ1v) is 15.1. The van der Waals surface area contributed by atoms with Crippen molar-refractivity contribution in [2.24, 2.45) is 0 Å². The van der Waals surface area contributed by atoms with Crippen molar-refractivity contribution < 1.29 is 18.0 Å². The van der Waals surface area contributed by atoms with Crippen LogP contribution in [0.25, 0.3) is 0 Å². The van der Waals surface area contributed by atoms with Crippen LogP contribution in [0.15, 0.2) is 48.5 Å². The van der Waals surface area contributed by atoms with Crippen molar-refractivity contribution in [1.82, 2.24) is 10.2 Å². The van der Waals surface area contributed by atoms with Crippen LogP contribution < -0.4 is 9.62 Å². The molecule has 1 fully saturated rings. The van der Waals surface area contributed by atoms with Gasteiger partial charge in [0.05, 0.1) is 11.9 Å². The largest absolute Gasteiger partial charge is 0.352 e. The van der Waals surface area contributed by atoms with Crippen LogP contribution in [-0.4, -0.2) is 50.0 Å². The molecule has 0 heterocycles. The molecular weight excluding hydrogens is 486 g/mol. The van der Waals surface area contributed by atoms with E-state index in [1.54, 1.807) is 17.0 Å². The summed E-state index contributed by atoms with van der Waals surface area (Å²) in [5, 5.41) is 3.13. The molecule has 1 saturated carbocycles. The Hall–Kier alpha value is -2.87. The van der Waals surface area contributed by atoms with Crippen molar-refractivity contribution in [2.45, 2.75) is 84.3 Å². The SMILES string of the molecule is CC[C@@H](C(=O)NC1CCCC1)N(Cc1ccccc1C)C(=O)CN(c1ccc(C(C)C)cc1)S(C)(=O)=O. The lowest BCUT2D eigenvalue weighted by Gasteiger charge is -2.33. The molecule has 37 heavy (non-hydrogen) atoms. The molecule has 0 bridgehead atoms. The van der Waals surface area contributed by atoms with E-state index in [1.165, 1.54) is 0 Å². The number of anilines is 1. The van der Waals surface area contributed by atoms with Crippen molar-refractivity contribution in [2.75, 3.05) is 17.1 Å². The fourth-order valence-electron chi connectivity index (χ4n) is 4.90. The van der Waals surface area contributed by atoms with Crippen LogP contribution in [0.5, 0.6) is 0 Å². The number of amides is 2. The summed E-state index contributed by atoms with van der Waals surface area (Å²) in [5.74, 6) is -0.283. The molecule has 2 aromatic rings. The Morgan fingerprint density at radius 3 is 2.19 bits per heavy atom. The zero-order valence-electron chi connectivity index (χ0n) is 22.7. The predicted octanol–water partition coefficient (Wildman–Crippen LogP) is 4.75. The summed E-state index contributed by atoms with van der Waals surface area (Å²) in [6.07, 6.45) is 5.61. The molecule has 0 saturated heterocycles. The minimum absolute atomic E-state index is 0.129. The summed E-state index contributed by atoms with van der Waals surface area (Å²) >= 11 is 0. The molecule has 0 spiro atoms. The standard InChI is InChI=1S/C29H41N3O4S/c1-6-27(29(34)30-25-13-9-10-14-25)31(19-24-12-8-7-11-22(24)4)28(33)20-32(37(5,35)36)26-17-15-23(16-18-26)21(2)3/h7-8,11-12,15-18,21,25,27H,6,9-10,13-14,19-20H2,1-5H3,(H,30,34)/t27-/m0/s1. The number of nitrogens with one attached hydrogen (secondary N) is 1. The number of carbonyl (C=O) groups excluding carboxylic acids is 2. The molecular formula is C29H41N3O4S. The summed E-state index contributed by atoms with van der Waals surface area (Å²) in [4.78, 5) is 28.8. The number of nitrogens with zero attached hydrogens (tertiary/aromatic N) is 2. The highest BCUT2D eigenvalue weighted by atomic mass is 32.2. The lowest BCUT2D eigenvalue weighted by Crippen LogP contribution is -2.53. The second-order valence-electron chi connectivity index (χ2n) is 10.4. The molecule has 0 aliphatic heterocycles. The van der Waals surface area contributed by atoms with Crippen LogP contribution in [0.1, 0.15) is 75.5 Å². The van der Waals surface area contributed by atoms with Gasteiger partial charge in [-0.25, -0.2) is 8.42 Å². The van der Waals surface area contributed by atoms with Gasteiger partial charge in [0.2, 0.25) is 21.8 Å². The van der Waals surface area contributed by atoms with Gasteiger partial charge in [-0.2, -0.15) is 0 Å². The van der Waals surface area contributed by atoms with Crippen LogP contribution in [0.2, 0.25) is 0 Å². The molecule has 1 aliphatic carbocycles. The molecule has 3 rings (SSSR count). The Balaban J connectivity index is 1.92. The average Bonchev–Trinajstić information content (AvgIpc) is 3.35. The Morgan fingerprint density at radius 2 is 1.65 bits per heavy atom. The molecule has 1 aliphatic rings. The molecule has 2 aromatic carbocycles. The van der Waals surface area contributed by atoms with Crippen LogP contribution >= 0.6 is 0 Å². The van der Waals surface area contributed by atoms with Gasteiger partial charge in [0.1, 0.15) is 12.6 Å². The highest BCUT2D eigenvalue weighted by molar-refractivity contribution is 7.92. The summed E-state index contributed by atoms with van der Waals surface area (Å²) in [5.41, 5.74) is 3.45. The van der Waals surface area contributed by atoms with Gasteiger partial charge in [-0.3, -0.25) is 13.9 Å². The third-order valence-corrected chi connectivity index (χ3v) is 8.36. The van der Waals surface area contributed by atoms with Gasteiger partial charge in [0.25, 0.3) is 0 Å². The zero-order valence-corrected chi connectivity index (χ0v) is 23.6. The van der Waals surface area contributed by atoms with Gasteiger partial charge in [-0.15, -0.1) is 0 Å². The van der Waals surface area contributed by atoms with Gasteiger partial charge >= 0.3 is 0 Å². The number of carbonyl (C=O) groups is 2. The fraction of sp³-hybridized carbons (Fsp3) is 0.517. The maximum atomic E-state index is 13.8. The van der Waals surface area contributed by atoms with E-state index in [0.717, 1.165) is 52.9 Å². The van der Waals surface area contributed by atoms with Crippen molar-refractivity contribution in [3.63, 3.8) is 0 Å². The van der Waals surface area contributed by atoms with E-state index in [-0.39, 0.29) is 25.0 Å². The predicted molar refractivity (Wildman–Crippen MR) is 149 cm³/mol. The lowest BCUT2D eigenvalue weighted by atomic mass is 10.0. The van der Waals surface area contributed by atoms with Crippen molar-refractivity contribution in [3.8, 4) is 0 Å². The number of rotatable bonds is 11. The molecule has 0 unspecified atom stereocenters. The highest BCUT2D eigenvalue weighted by Crippen LogP contribution is 2.24. The normalized spacial score (nSPS) is 15.0. The molecule has 1 atom stereocenters. The summed E-state index contributed by atoms with van der Waals surface area (Å²) in [6.45, 7) is 7.84. The van der Waals surface area contributed by atoms with Gasteiger partial charge in [0.15, 0.2) is 0 Å². The van der Waals surface area contributed by atoms with Crippen LogP contribution in [0.3, 0.4) is 0 Å². The van der Waals surface area contributed by atoms with Crippen molar-refractivity contribution in [1.29, 1.82) is 0 Å². The minimum Gasteiger partial charge on any atom is -0.352 e. The lowest BCUT2D eigenvalue weighted by molar-refractivity contribution is -0.140. The minimum atomic E-state index is -3.75. The monoisotopic (exact) mass is 527 g/mol. The second-order valence-corrected chi connectivity index (χ2v) is 12.3. The number of hydrogen-bond donors (Lipinski definition) is 1. The van der Waals surface area contributed by atoms with E-state index in [4.69, 9.17) is 0 Å². The molecule has 0 aromatic heterocycles. The van der Waals surface area contributed by atoms with Crippen LogP contribution in [-0.2, 0) is 26.2 Å². The first kappa shape index (κ1) is 28.7. The number of aryl methyl sites for hydroxylation is 1. The summed E-state index contributed by atoms with van der Waals surface area (Å²) < 4.78 is 26.7. The Morgan fingerprint density at radius 1 is 1.03 bits per heavy atom. The van der Waals surface area contributed by atoms with E-state index in [2.05, 4.69) is 19.2 Å². The fourth-order valence-corrected chi connectivity index (χ4v) is 5.75. The summed E-state index contributed by atoms with van der Waals surface area (Å²) in [7, 11) is -3.75. The third kappa shape index (κ3) is 7.57. The van der Waals surface area contributed by atoms with Crippen molar-refractivity contribution in [3.05, 3.63) is 65.2 Å². The first-order valence-electron chi connectivity index (χ1n) is 13.2. The topological polar surface area (TPSA) is 86.8 Å². The van der Waals surface area contributed by atoms with E-state index >= 15 is 0 Å². The maximum Gasteiger partial charge on any atom is 0.244 e. The Labute approximate surface area is 222 Å². The number of hydrogen-bond acceptors (Lipinski definition) is 4. The Bertz CT molecular complexity index is 1170. The van der Waals surface area contributed by atoms with Crippen LogP contribution in [0.4, 0.5) is 5.69 Å². The second kappa shape index (κ2) is 12.6. The van der Waals surface area contributed by atoms with E-state index < -0.39 is 22.0 Å². The Kier molecular flexibility index (Phi) is 9.76. The molecule has 7 nitrogen and oxygen atoms in total. The summed E-state index contributed by atoms with van der Waals surface area (Å²) in [6, 6.07) is 14.4. The highest BCUT2D eigenvalue weighted by Gasteiger charge is 2.33. The van der Waals surface area contributed by atoms with E-state index in [9.17, 15) is 18.0 Å². The van der Waals surface area contributed by atoms with Gasteiger partial charge in [0, 0.05) is 12.6 Å². The average molecular weight is 528 g/mol. The quantitative estimate of drug-likeness (QED) is 0.457.